The Labute approximate surface area is 95.0 Å². The van der Waals surface area contributed by atoms with Gasteiger partial charge in [0.15, 0.2) is 0 Å². The number of fused-ring (bicyclic) bond motifs is 3. The Bertz CT molecular complexity index is 702. The minimum Gasteiger partial charge on any atom is -0.476 e. The highest BCUT2D eigenvalue weighted by atomic mass is 32.1. The Morgan fingerprint density at radius 3 is 2.81 bits per heavy atom. The molecule has 3 rings (SSSR count). The fourth-order valence-electron chi connectivity index (χ4n) is 1.75. The summed E-state index contributed by atoms with van der Waals surface area (Å²) in [4.78, 5) is 14.9. The fraction of sp³-hybridized carbons (Fsp3) is 0. The molecular formula is C12H7NO2S. The van der Waals surface area contributed by atoms with Crippen molar-refractivity contribution in [2.24, 2.45) is 0 Å². The van der Waals surface area contributed by atoms with Gasteiger partial charge >= 0.3 is 5.97 Å². The van der Waals surface area contributed by atoms with Gasteiger partial charge in [0.05, 0.1) is 10.2 Å². The number of carboxylic acid groups (broad SMARTS) is 1. The van der Waals surface area contributed by atoms with Gasteiger partial charge in [-0.3, -0.25) is 0 Å². The normalized spacial score (nSPS) is 11.0. The molecule has 0 saturated heterocycles. The van der Waals surface area contributed by atoms with Crippen LogP contribution in [0, 0.1) is 0 Å². The van der Waals surface area contributed by atoms with E-state index in [9.17, 15) is 4.79 Å². The number of thiazole rings is 1. The zero-order chi connectivity index (χ0) is 11.1. The van der Waals surface area contributed by atoms with E-state index in [2.05, 4.69) is 4.98 Å². The summed E-state index contributed by atoms with van der Waals surface area (Å²) in [5, 5.41) is 11.2. The van der Waals surface area contributed by atoms with E-state index in [0.29, 0.717) is 0 Å². The molecule has 0 saturated carbocycles. The zero-order valence-electron chi connectivity index (χ0n) is 8.18. The molecule has 2 aromatic carbocycles. The molecule has 3 nitrogen and oxygen atoms in total. The molecule has 3 aromatic rings. The minimum absolute atomic E-state index is 0.145. The molecule has 0 amide bonds. The van der Waals surface area contributed by atoms with Crippen LogP contribution < -0.4 is 0 Å². The molecule has 78 valence electrons. The van der Waals surface area contributed by atoms with Gasteiger partial charge in [0.2, 0.25) is 5.01 Å². The Kier molecular flexibility index (Phi) is 1.91. The first kappa shape index (κ1) is 9.30. The summed E-state index contributed by atoms with van der Waals surface area (Å²) in [7, 11) is 0. The van der Waals surface area contributed by atoms with Crippen LogP contribution in [0.1, 0.15) is 9.80 Å². The van der Waals surface area contributed by atoms with Crippen molar-refractivity contribution >= 4 is 38.3 Å². The van der Waals surface area contributed by atoms with Crippen LogP contribution in [0.25, 0.3) is 21.0 Å². The second-order valence-corrected chi connectivity index (χ2v) is 4.46. The van der Waals surface area contributed by atoms with Gasteiger partial charge < -0.3 is 5.11 Å². The third-order valence-corrected chi connectivity index (χ3v) is 3.55. The molecule has 0 aliphatic heterocycles. The summed E-state index contributed by atoms with van der Waals surface area (Å²) < 4.78 is 0.940. The highest BCUT2D eigenvalue weighted by molar-refractivity contribution is 7.21. The van der Waals surface area contributed by atoms with Gasteiger partial charge in [-0.05, 0) is 11.5 Å². The molecule has 0 spiro atoms. The van der Waals surface area contributed by atoms with Crippen LogP contribution in [0.2, 0.25) is 0 Å². The summed E-state index contributed by atoms with van der Waals surface area (Å²) in [6, 6.07) is 11.7. The molecule has 0 atom stereocenters. The minimum atomic E-state index is -0.967. The summed E-state index contributed by atoms with van der Waals surface area (Å²) in [6.07, 6.45) is 0. The molecule has 0 aliphatic carbocycles. The summed E-state index contributed by atoms with van der Waals surface area (Å²) in [6.45, 7) is 0. The van der Waals surface area contributed by atoms with Crippen LogP contribution in [0.4, 0.5) is 0 Å². The SMILES string of the molecule is O=C(O)c1nc2ccc3ccccc3c2s1. The second kappa shape index (κ2) is 3.28. The topological polar surface area (TPSA) is 50.2 Å². The van der Waals surface area contributed by atoms with Gasteiger partial charge in [-0.25, -0.2) is 9.78 Å². The van der Waals surface area contributed by atoms with Crippen LogP contribution in [0.15, 0.2) is 36.4 Å². The standard InChI is InChI=1S/C12H7NO2S/c14-12(15)11-13-9-6-5-7-3-1-2-4-8(7)10(9)16-11/h1-6H,(H,14,15). The van der Waals surface area contributed by atoms with Gasteiger partial charge in [0.25, 0.3) is 0 Å². The lowest BCUT2D eigenvalue weighted by Gasteiger charge is -1.96. The summed E-state index contributed by atoms with van der Waals surface area (Å²) in [5.41, 5.74) is 0.751. The average molecular weight is 229 g/mol. The summed E-state index contributed by atoms with van der Waals surface area (Å²) in [5.74, 6) is -0.967. The molecule has 1 aromatic heterocycles. The van der Waals surface area contributed by atoms with E-state index in [-0.39, 0.29) is 5.01 Å². The number of benzene rings is 2. The molecule has 0 fully saturated rings. The quantitative estimate of drug-likeness (QED) is 0.697. The van der Waals surface area contributed by atoms with E-state index in [4.69, 9.17) is 5.11 Å². The van der Waals surface area contributed by atoms with E-state index in [0.717, 1.165) is 21.0 Å². The molecule has 1 heterocycles. The lowest BCUT2D eigenvalue weighted by atomic mass is 10.1. The van der Waals surface area contributed by atoms with Crippen molar-refractivity contribution in [1.29, 1.82) is 0 Å². The van der Waals surface area contributed by atoms with E-state index in [1.165, 1.54) is 11.3 Å². The van der Waals surface area contributed by atoms with E-state index < -0.39 is 5.97 Å². The number of aromatic nitrogens is 1. The van der Waals surface area contributed by atoms with Crippen molar-refractivity contribution < 1.29 is 9.90 Å². The number of nitrogens with zero attached hydrogens (tertiary/aromatic N) is 1. The molecule has 4 heteroatoms. The zero-order valence-corrected chi connectivity index (χ0v) is 8.99. The van der Waals surface area contributed by atoms with E-state index in [1.807, 2.05) is 36.4 Å². The molecule has 0 bridgehead atoms. The molecule has 0 unspecified atom stereocenters. The van der Waals surface area contributed by atoms with Gasteiger partial charge in [-0.1, -0.05) is 30.3 Å². The van der Waals surface area contributed by atoms with Gasteiger partial charge in [0.1, 0.15) is 0 Å². The van der Waals surface area contributed by atoms with Crippen LogP contribution in [-0.2, 0) is 0 Å². The predicted molar refractivity (Wildman–Crippen MR) is 64.1 cm³/mol. The Balaban J connectivity index is 2.46. The maximum absolute atomic E-state index is 10.9. The van der Waals surface area contributed by atoms with Crippen LogP contribution in [0.5, 0.6) is 0 Å². The largest absolute Gasteiger partial charge is 0.476 e. The van der Waals surface area contributed by atoms with Gasteiger partial charge in [-0.2, -0.15) is 0 Å². The third kappa shape index (κ3) is 1.27. The fourth-order valence-corrected chi connectivity index (χ4v) is 2.69. The highest BCUT2D eigenvalue weighted by Crippen LogP contribution is 2.30. The Hall–Kier alpha value is -1.94. The molecule has 1 N–H and O–H groups in total. The number of aromatic carboxylic acids is 1. The van der Waals surface area contributed by atoms with Crippen molar-refractivity contribution in [3.05, 3.63) is 41.4 Å². The molecular weight excluding hydrogens is 222 g/mol. The van der Waals surface area contributed by atoms with E-state index >= 15 is 0 Å². The molecule has 0 radical (unpaired) electrons. The second-order valence-electron chi connectivity index (χ2n) is 3.46. The lowest BCUT2D eigenvalue weighted by molar-refractivity contribution is 0.0696. The predicted octanol–water partition coefficient (Wildman–Crippen LogP) is 3.15. The number of hydrogen-bond donors (Lipinski definition) is 1. The van der Waals surface area contributed by atoms with Crippen LogP contribution >= 0.6 is 11.3 Å². The number of hydrogen-bond acceptors (Lipinski definition) is 3. The third-order valence-electron chi connectivity index (χ3n) is 2.46. The van der Waals surface area contributed by atoms with Gasteiger partial charge in [-0.15, -0.1) is 11.3 Å². The van der Waals surface area contributed by atoms with Gasteiger partial charge in [0, 0.05) is 5.39 Å². The van der Waals surface area contributed by atoms with Crippen molar-refractivity contribution in [3.8, 4) is 0 Å². The lowest BCUT2D eigenvalue weighted by Crippen LogP contribution is -1.93. The van der Waals surface area contributed by atoms with Crippen LogP contribution in [-0.4, -0.2) is 16.1 Å². The maximum atomic E-state index is 10.9. The molecule has 16 heavy (non-hydrogen) atoms. The van der Waals surface area contributed by atoms with Crippen molar-refractivity contribution in [3.63, 3.8) is 0 Å². The Morgan fingerprint density at radius 1 is 1.19 bits per heavy atom. The monoisotopic (exact) mass is 229 g/mol. The van der Waals surface area contributed by atoms with Crippen molar-refractivity contribution in [2.45, 2.75) is 0 Å². The first-order valence-corrected chi connectivity index (χ1v) is 5.59. The van der Waals surface area contributed by atoms with Crippen molar-refractivity contribution in [1.82, 2.24) is 4.98 Å². The highest BCUT2D eigenvalue weighted by Gasteiger charge is 2.11. The summed E-state index contributed by atoms with van der Waals surface area (Å²) >= 11 is 1.22. The molecule has 0 aliphatic rings. The van der Waals surface area contributed by atoms with Crippen molar-refractivity contribution in [2.75, 3.05) is 0 Å². The Morgan fingerprint density at radius 2 is 2.00 bits per heavy atom. The number of rotatable bonds is 1. The smallest absolute Gasteiger partial charge is 0.365 e. The number of carboxylic acids is 1. The first-order chi connectivity index (χ1) is 7.75. The number of carbonyl (C=O) groups is 1. The average Bonchev–Trinajstić information content (AvgIpc) is 2.73. The van der Waals surface area contributed by atoms with Crippen LogP contribution in [0.3, 0.4) is 0 Å². The van der Waals surface area contributed by atoms with E-state index in [1.54, 1.807) is 0 Å². The maximum Gasteiger partial charge on any atom is 0.365 e. The first-order valence-electron chi connectivity index (χ1n) is 4.77.